The van der Waals surface area contributed by atoms with E-state index in [1.807, 2.05) is 0 Å². The Labute approximate surface area is 86.5 Å². The predicted octanol–water partition coefficient (Wildman–Crippen LogP) is 3.02. The van der Waals surface area contributed by atoms with Crippen LogP contribution in [-0.2, 0) is 12.6 Å². The highest BCUT2D eigenvalue weighted by Crippen LogP contribution is 2.32. The van der Waals surface area contributed by atoms with Gasteiger partial charge in [-0.2, -0.15) is 13.2 Å². The third kappa shape index (κ3) is 3.55. The minimum atomic E-state index is -4.31. The van der Waals surface area contributed by atoms with Gasteiger partial charge in [0.2, 0.25) is 0 Å². The van der Waals surface area contributed by atoms with Crippen LogP contribution in [0.2, 0.25) is 0 Å². The largest absolute Gasteiger partial charge is 0.416 e. The Bertz CT molecular complexity index is 318. The smallest absolute Gasteiger partial charge is 0.393 e. The van der Waals surface area contributed by atoms with Gasteiger partial charge >= 0.3 is 6.18 Å². The van der Waals surface area contributed by atoms with E-state index in [1.54, 1.807) is 13.0 Å². The maximum Gasteiger partial charge on any atom is 0.416 e. The average molecular weight is 218 g/mol. The molecule has 0 aromatic heterocycles. The maximum absolute atomic E-state index is 12.5. The molecule has 15 heavy (non-hydrogen) atoms. The molecule has 0 heterocycles. The molecule has 84 valence electrons. The quantitative estimate of drug-likeness (QED) is 0.826. The Morgan fingerprint density at radius 1 is 1.27 bits per heavy atom. The number of halogens is 3. The summed E-state index contributed by atoms with van der Waals surface area (Å²) in [5.74, 6) is 0. The summed E-state index contributed by atoms with van der Waals surface area (Å²) in [6.07, 6.45) is -4.30. The number of aryl methyl sites for hydroxylation is 1. The van der Waals surface area contributed by atoms with Crippen LogP contribution in [-0.4, -0.2) is 11.2 Å². The predicted molar refractivity (Wildman–Crippen MR) is 51.4 cm³/mol. The van der Waals surface area contributed by atoms with E-state index in [2.05, 4.69) is 0 Å². The Kier molecular flexibility index (Phi) is 3.74. The van der Waals surface area contributed by atoms with Gasteiger partial charge in [0.25, 0.3) is 0 Å². The molecule has 1 atom stereocenters. The lowest BCUT2D eigenvalue weighted by atomic mass is 10.0. The van der Waals surface area contributed by atoms with Crippen molar-refractivity contribution in [1.82, 2.24) is 0 Å². The fourth-order valence-electron chi connectivity index (χ4n) is 1.38. The summed E-state index contributed by atoms with van der Waals surface area (Å²) in [5, 5.41) is 9.03. The molecule has 0 aliphatic carbocycles. The van der Waals surface area contributed by atoms with Crippen molar-refractivity contribution < 1.29 is 18.3 Å². The van der Waals surface area contributed by atoms with E-state index in [0.29, 0.717) is 6.42 Å². The molecule has 0 radical (unpaired) electrons. The first-order valence-corrected chi connectivity index (χ1v) is 4.74. The lowest BCUT2D eigenvalue weighted by Gasteiger charge is -2.12. The molecule has 1 aromatic rings. The minimum Gasteiger partial charge on any atom is -0.393 e. The lowest BCUT2D eigenvalue weighted by Crippen LogP contribution is -2.10. The van der Waals surface area contributed by atoms with E-state index in [9.17, 15) is 13.2 Å². The van der Waals surface area contributed by atoms with Crippen molar-refractivity contribution in [2.45, 2.75) is 32.0 Å². The van der Waals surface area contributed by atoms with E-state index >= 15 is 0 Å². The molecule has 0 aliphatic heterocycles. The molecule has 1 aromatic carbocycles. The number of benzene rings is 1. The van der Waals surface area contributed by atoms with E-state index < -0.39 is 17.8 Å². The van der Waals surface area contributed by atoms with Crippen LogP contribution in [0, 0.1) is 0 Å². The zero-order valence-electron chi connectivity index (χ0n) is 8.38. The molecule has 0 bridgehead atoms. The van der Waals surface area contributed by atoms with Crippen LogP contribution >= 0.6 is 0 Å². The highest BCUT2D eigenvalue weighted by atomic mass is 19.4. The van der Waals surface area contributed by atoms with Gasteiger partial charge in [-0.3, -0.25) is 0 Å². The average Bonchev–Trinajstić information content (AvgIpc) is 2.13. The van der Waals surface area contributed by atoms with Crippen molar-refractivity contribution in [3.8, 4) is 0 Å². The van der Waals surface area contributed by atoms with Crippen molar-refractivity contribution in [3.63, 3.8) is 0 Å². The molecule has 0 amide bonds. The lowest BCUT2D eigenvalue weighted by molar-refractivity contribution is -0.138. The van der Waals surface area contributed by atoms with Gasteiger partial charge in [0.15, 0.2) is 0 Å². The second-order valence-corrected chi connectivity index (χ2v) is 3.54. The van der Waals surface area contributed by atoms with Crippen LogP contribution in [0.3, 0.4) is 0 Å². The fourth-order valence-corrected chi connectivity index (χ4v) is 1.38. The van der Waals surface area contributed by atoms with Gasteiger partial charge in [0, 0.05) is 0 Å². The number of rotatable bonds is 3. The number of aliphatic hydroxyl groups excluding tert-OH is 1. The third-order valence-electron chi connectivity index (χ3n) is 2.15. The third-order valence-corrected chi connectivity index (χ3v) is 2.15. The van der Waals surface area contributed by atoms with Gasteiger partial charge in [-0.05, 0) is 31.4 Å². The first-order valence-electron chi connectivity index (χ1n) is 4.74. The highest BCUT2D eigenvalue weighted by Gasteiger charge is 2.32. The van der Waals surface area contributed by atoms with E-state index in [-0.39, 0.29) is 12.0 Å². The molecule has 1 N–H and O–H groups in total. The number of aliphatic hydroxyl groups is 1. The topological polar surface area (TPSA) is 20.2 Å². The molecular weight excluding hydrogens is 205 g/mol. The second kappa shape index (κ2) is 4.66. The number of alkyl halides is 3. The maximum atomic E-state index is 12.5. The van der Waals surface area contributed by atoms with Crippen molar-refractivity contribution in [2.75, 3.05) is 0 Å². The Morgan fingerprint density at radius 2 is 1.87 bits per heavy atom. The minimum absolute atomic E-state index is 0.242. The SMILES string of the molecule is C[C@@H](O)CCc1ccccc1C(F)(F)F. The first-order chi connectivity index (χ1) is 6.91. The molecule has 0 unspecified atom stereocenters. The molecule has 0 spiro atoms. The summed E-state index contributed by atoms with van der Waals surface area (Å²) in [7, 11) is 0. The zero-order chi connectivity index (χ0) is 11.5. The summed E-state index contributed by atoms with van der Waals surface area (Å²) in [5.41, 5.74) is -0.364. The molecule has 0 saturated heterocycles. The Balaban J connectivity index is 2.87. The van der Waals surface area contributed by atoms with Gasteiger partial charge in [0.1, 0.15) is 0 Å². The van der Waals surface area contributed by atoms with Gasteiger partial charge in [0.05, 0.1) is 11.7 Å². The van der Waals surface area contributed by atoms with Crippen molar-refractivity contribution >= 4 is 0 Å². The summed E-state index contributed by atoms with van der Waals surface area (Å²) < 4.78 is 37.5. The molecule has 1 nitrogen and oxygen atoms in total. The van der Waals surface area contributed by atoms with E-state index in [0.717, 1.165) is 6.07 Å². The second-order valence-electron chi connectivity index (χ2n) is 3.54. The standard InChI is InChI=1S/C11H13F3O/c1-8(15)6-7-9-4-2-3-5-10(9)11(12,13)14/h2-5,8,15H,6-7H2,1H3/t8-/m1/s1. The fraction of sp³-hybridized carbons (Fsp3) is 0.455. The number of hydrogen-bond donors (Lipinski definition) is 1. The zero-order valence-corrected chi connectivity index (χ0v) is 8.38. The Hall–Kier alpha value is -1.03. The number of hydrogen-bond acceptors (Lipinski definition) is 1. The van der Waals surface area contributed by atoms with Crippen LogP contribution in [0.15, 0.2) is 24.3 Å². The molecule has 0 saturated carbocycles. The van der Waals surface area contributed by atoms with Gasteiger partial charge < -0.3 is 5.11 Å². The van der Waals surface area contributed by atoms with E-state index in [4.69, 9.17) is 5.11 Å². The van der Waals surface area contributed by atoms with E-state index in [1.165, 1.54) is 12.1 Å². The summed E-state index contributed by atoms with van der Waals surface area (Å²) in [6, 6.07) is 5.46. The normalized spacial score (nSPS) is 13.9. The molecule has 4 heteroatoms. The monoisotopic (exact) mass is 218 g/mol. The highest BCUT2D eigenvalue weighted by molar-refractivity contribution is 5.29. The summed E-state index contributed by atoms with van der Waals surface area (Å²) in [6.45, 7) is 1.57. The summed E-state index contributed by atoms with van der Waals surface area (Å²) >= 11 is 0. The van der Waals surface area contributed by atoms with Crippen LogP contribution in [0.1, 0.15) is 24.5 Å². The van der Waals surface area contributed by atoms with Crippen molar-refractivity contribution in [1.29, 1.82) is 0 Å². The summed E-state index contributed by atoms with van der Waals surface area (Å²) in [4.78, 5) is 0. The van der Waals surface area contributed by atoms with Gasteiger partial charge in [-0.15, -0.1) is 0 Å². The Morgan fingerprint density at radius 3 is 2.40 bits per heavy atom. The molecule has 0 fully saturated rings. The molecule has 1 rings (SSSR count). The van der Waals surface area contributed by atoms with Gasteiger partial charge in [-0.25, -0.2) is 0 Å². The van der Waals surface area contributed by atoms with Crippen LogP contribution in [0.25, 0.3) is 0 Å². The first kappa shape index (κ1) is 12.0. The van der Waals surface area contributed by atoms with Crippen LogP contribution in [0.4, 0.5) is 13.2 Å². The van der Waals surface area contributed by atoms with Crippen LogP contribution < -0.4 is 0 Å². The van der Waals surface area contributed by atoms with Crippen molar-refractivity contribution in [3.05, 3.63) is 35.4 Å². The van der Waals surface area contributed by atoms with Crippen molar-refractivity contribution in [2.24, 2.45) is 0 Å². The van der Waals surface area contributed by atoms with Crippen LogP contribution in [0.5, 0.6) is 0 Å². The molecule has 0 aliphatic rings. The van der Waals surface area contributed by atoms with Gasteiger partial charge in [-0.1, -0.05) is 18.2 Å². The molecular formula is C11H13F3O.